The van der Waals surface area contributed by atoms with Gasteiger partial charge in [-0.2, -0.15) is 5.10 Å². The fourth-order valence-corrected chi connectivity index (χ4v) is 2.14. The van der Waals surface area contributed by atoms with E-state index in [2.05, 4.69) is 5.10 Å². The Morgan fingerprint density at radius 3 is 2.65 bits per heavy atom. The number of para-hydroxylation sites is 1. The molecule has 0 fully saturated rings. The first-order valence-electron chi connectivity index (χ1n) is 6.69. The van der Waals surface area contributed by atoms with Crippen molar-refractivity contribution >= 4 is 5.91 Å². The molecule has 0 atom stereocenters. The Kier molecular flexibility index (Phi) is 4.53. The molecule has 0 aliphatic heterocycles. The van der Waals surface area contributed by atoms with Crippen molar-refractivity contribution < 1.29 is 9.90 Å². The van der Waals surface area contributed by atoms with E-state index in [9.17, 15) is 4.79 Å². The Hall–Kier alpha value is -2.14. The zero-order valence-corrected chi connectivity index (χ0v) is 11.8. The highest BCUT2D eigenvalue weighted by atomic mass is 16.3. The predicted molar refractivity (Wildman–Crippen MR) is 77.0 cm³/mol. The molecule has 1 amide bonds. The number of benzene rings is 1. The molecule has 0 radical (unpaired) electrons. The van der Waals surface area contributed by atoms with E-state index in [-0.39, 0.29) is 12.5 Å². The van der Waals surface area contributed by atoms with Crippen molar-refractivity contribution in [1.82, 2.24) is 14.7 Å². The van der Waals surface area contributed by atoms with Gasteiger partial charge < -0.3 is 10.0 Å². The SMILES string of the molecule is CCN(CCO)C(=O)c1cnn(-c2ccccc2)c1C. The standard InChI is InChI=1S/C15H19N3O2/c1-3-17(9-10-19)15(20)14-11-16-18(12(14)2)13-7-5-4-6-8-13/h4-8,11,19H,3,9-10H2,1-2H3. The maximum absolute atomic E-state index is 12.4. The third-order valence-corrected chi connectivity index (χ3v) is 3.28. The van der Waals surface area contributed by atoms with Crippen LogP contribution in [0.1, 0.15) is 23.0 Å². The van der Waals surface area contributed by atoms with Gasteiger partial charge in [0.05, 0.1) is 29.7 Å². The van der Waals surface area contributed by atoms with E-state index in [1.54, 1.807) is 15.8 Å². The lowest BCUT2D eigenvalue weighted by atomic mass is 10.2. The van der Waals surface area contributed by atoms with Gasteiger partial charge in [-0.05, 0) is 26.0 Å². The second kappa shape index (κ2) is 6.34. The summed E-state index contributed by atoms with van der Waals surface area (Å²) in [6.07, 6.45) is 1.59. The van der Waals surface area contributed by atoms with Crippen LogP contribution in [0.2, 0.25) is 0 Å². The molecule has 1 aromatic heterocycles. The van der Waals surface area contributed by atoms with Crippen LogP contribution in [-0.2, 0) is 0 Å². The van der Waals surface area contributed by atoms with Gasteiger partial charge in [0, 0.05) is 13.1 Å². The van der Waals surface area contributed by atoms with E-state index >= 15 is 0 Å². The zero-order chi connectivity index (χ0) is 14.5. The number of aliphatic hydroxyl groups excluding tert-OH is 1. The molecule has 1 N–H and O–H groups in total. The van der Waals surface area contributed by atoms with Gasteiger partial charge in [-0.25, -0.2) is 4.68 Å². The monoisotopic (exact) mass is 273 g/mol. The summed E-state index contributed by atoms with van der Waals surface area (Å²) in [6.45, 7) is 4.64. The molecule has 0 spiro atoms. The summed E-state index contributed by atoms with van der Waals surface area (Å²) >= 11 is 0. The van der Waals surface area contributed by atoms with Gasteiger partial charge in [-0.3, -0.25) is 4.79 Å². The molecule has 20 heavy (non-hydrogen) atoms. The van der Waals surface area contributed by atoms with Crippen LogP contribution < -0.4 is 0 Å². The molecule has 2 rings (SSSR count). The van der Waals surface area contributed by atoms with E-state index in [1.165, 1.54) is 0 Å². The summed E-state index contributed by atoms with van der Waals surface area (Å²) in [5.41, 5.74) is 2.30. The van der Waals surface area contributed by atoms with E-state index in [0.717, 1.165) is 11.4 Å². The highest BCUT2D eigenvalue weighted by molar-refractivity contribution is 5.95. The van der Waals surface area contributed by atoms with E-state index in [1.807, 2.05) is 44.2 Å². The molecule has 106 valence electrons. The molecule has 5 nitrogen and oxygen atoms in total. The minimum atomic E-state index is -0.0961. The molecule has 0 aliphatic carbocycles. The number of aromatic nitrogens is 2. The smallest absolute Gasteiger partial charge is 0.257 e. The quantitative estimate of drug-likeness (QED) is 0.901. The Balaban J connectivity index is 2.31. The maximum Gasteiger partial charge on any atom is 0.257 e. The number of aliphatic hydroxyl groups is 1. The van der Waals surface area contributed by atoms with Crippen LogP contribution in [0.15, 0.2) is 36.5 Å². The van der Waals surface area contributed by atoms with Crippen molar-refractivity contribution in [2.75, 3.05) is 19.7 Å². The molecule has 0 bridgehead atoms. The number of rotatable bonds is 5. The summed E-state index contributed by atoms with van der Waals surface area (Å²) in [5.74, 6) is -0.0961. The van der Waals surface area contributed by atoms with E-state index in [4.69, 9.17) is 5.11 Å². The lowest BCUT2D eigenvalue weighted by Crippen LogP contribution is -2.33. The molecule has 0 aliphatic rings. The average Bonchev–Trinajstić information content (AvgIpc) is 2.86. The molecule has 0 unspecified atom stereocenters. The highest BCUT2D eigenvalue weighted by Gasteiger charge is 2.19. The first kappa shape index (κ1) is 14.3. The summed E-state index contributed by atoms with van der Waals surface area (Å²) in [5, 5.41) is 13.3. The van der Waals surface area contributed by atoms with Crippen LogP contribution in [-0.4, -0.2) is 45.4 Å². The number of hydrogen-bond acceptors (Lipinski definition) is 3. The number of hydrogen-bond donors (Lipinski definition) is 1. The van der Waals surface area contributed by atoms with Crippen LogP contribution in [0.5, 0.6) is 0 Å². The third kappa shape index (κ3) is 2.72. The van der Waals surface area contributed by atoms with Crippen molar-refractivity contribution in [3.8, 4) is 5.69 Å². The van der Waals surface area contributed by atoms with E-state index < -0.39 is 0 Å². The molecule has 1 aromatic carbocycles. The lowest BCUT2D eigenvalue weighted by Gasteiger charge is -2.19. The Labute approximate surface area is 118 Å². The number of carbonyl (C=O) groups excluding carboxylic acids is 1. The van der Waals surface area contributed by atoms with Gasteiger partial charge >= 0.3 is 0 Å². The highest BCUT2D eigenvalue weighted by Crippen LogP contribution is 2.15. The largest absolute Gasteiger partial charge is 0.395 e. The van der Waals surface area contributed by atoms with Crippen LogP contribution in [0.3, 0.4) is 0 Å². The van der Waals surface area contributed by atoms with E-state index in [0.29, 0.717) is 18.7 Å². The van der Waals surface area contributed by atoms with Gasteiger partial charge in [-0.15, -0.1) is 0 Å². The summed E-state index contributed by atoms with van der Waals surface area (Å²) < 4.78 is 1.75. The van der Waals surface area contributed by atoms with Crippen LogP contribution >= 0.6 is 0 Å². The fourth-order valence-electron chi connectivity index (χ4n) is 2.14. The van der Waals surface area contributed by atoms with Gasteiger partial charge in [0.2, 0.25) is 0 Å². The van der Waals surface area contributed by atoms with Crippen LogP contribution in [0.4, 0.5) is 0 Å². The molecule has 2 aromatic rings. The van der Waals surface area contributed by atoms with Gasteiger partial charge in [0.25, 0.3) is 5.91 Å². The summed E-state index contributed by atoms with van der Waals surface area (Å²) in [7, 11) is 0. The van der Waals surface area contributed by atoms with Crippen molar-refractivity contribution in [1.29, 1.82) is 0 Å². The molecule has 0 saturated heterocycles. The van der Waals surface area contributed by atoms with Crippen molar-refractivity contribution in [2.24, 2.45) is 0 Å². The molecule has 5 heteroatoms. The van der Waals surface area contributed by atoms with Crippen molar-refractivity contribution in [2.45, 2.75) is 13.8 Å². The summed E-state index contributed by atoms with van der Waals surface area (Å²) in [4.78, 5) is 14.0. The molecule has 1 heterocycles. The third-order valence-electron chi connectivity index (χ3n) is 3.28. The van der Waals surface area contributed by atoms with Crippen LogP contribution in [0, 0.1) is 6.92 Å². The minimum absolute atomic E-state index is 0.0363. The first-order valence-corrected chi connectivity index (χ1v) is 6.69. The molecular formula is C15H19N3O2. The number of likely N-dealkylation sites (N-methyl/N-ethyl adjacent to an activating group) is 1. The minimum Gasteiger partial charge on any atom is -0.395 e. The first-order chi connectivity index (χ1) is 9.69. The average molecular weight is 273 g/mol. The normalized spacial score (nSPS) is 10.6. The molecule has 0 saturated carbocycles. The van der Waals surface area contributed by atoms with Gasteiger partial charge in [0.1, 0.15) is 0 Å². The second-order valence-corrected chi connectivity index (χ2v) is 4.50. The zero-order valence-electron chi connectivity index (χ0n) is 11.8. The Bertz CT molecular complexity index is 578. The number of carbonyl (C=O) groups is 1. The van der Waals surface area contributed by atoms with Gasteiger partial charge in [0.15, 0.2) is 0 Å². The number of amides is 1. The lowest BCUT2D eigenvalue weighted by molar-refractivity contribution is 0.0731. The van der Waals surface area contributed by atoms with Crippen molar-refractivity contribution in [3.63, 3.8) is 0 Å². The fraction of sp³-hybridized carbons (Fsp3) is 0.333. The Morgan fingerprint density at radius 1 is 1.35 bits per heavy atom. The summed E-state index contributed by atoms with van der Waals surface area (Å²) in [6, 6.07) is 9.69. The van der Waals surface area contributed by atoms with Crippen molar-refractivity contribution in [3.05, 3.63) is 47.8 Å². The maximum atomic E-state index is 12.4. The topological polar surface area (TPSA) is 58.4 Å². The molecular weight excluding hydrogens is 254 g/mol. The number of nitrogens with zero attached hydrogens (tertiary/aromatic N) is 3. The Morgan fingerprint density at radius 2 is 2.05 bits per heavy atom. The van der Waals surface area contributed by atoms with Gasteiger partial charge in [-0.1, -0.05) is 18.2 Å². The second-order valence-electron chi connectivity index (χ2n) is 4.50. The predicted octanol–water partition coefficient (Wildman–Crippen LogP) is 1.64. The van der Waals surface area contributed by atoms with Crippen LogP contribution in [0.25, 0.3) is 5.69 Å².